The second-order valence-corrected chi connectivity index (χ2v) is 5.33. The lowest BCUT2D eigenvalue weighted by Crippen LogP contribution is -2.46. The summed E-state index contributed by atoms with van der Waals surface area (Å²) in [5, 5.41) is 9.75. The number of rotatable bonds is 4. The number of carbonyl (C=O) groups is 2. The van der Waals surface area contributed by atoms with E-state index < -0.39 is 0 Å². The molecule has 2 aromatic rings. The minimum Gasteiger partial charge on any atom is -0.338 e. The van der Waals surface area contributed by atoms with Crippen LogP contribution in [0.3, 0.4) is 0 Å². The summed E-state index contributed by atoms with van der Waals surface area (Å²) in [5.41, 5.74) is 1.92. The van der Waals surface area contributed by atoms with E-state index in [0.29, 0.717) is 30.9 Å². The monoisotopic (exact) mass is 313 g/mol. The molecule has 120 valence electrons. The number of urea groups is 1. The fraction of sp³-hybridized carbons (Fsp3) is 0.312. The van der Waals surface area contributed by atoms with Crippen LogP contribution in [0.1, 0.15) is 23.7 Å². The van der Waals surface area contributed by atoms with Crippen molar-refractivity contribution in [3.8, 4) is 0 Å². The molecule has 7 heteroatoms. The molecule has 1 saturated heterocycles. The minimum absolute atomic E-state index is 0.107. The summed E-state index contributed by atoms with van der Waals surface area (Å²) in [7, 11) is 0. The molecule has 0 bridgehead atoms. The Balaban J connectivity index is 1.74. The number of hydrogen-bond acceptors (Lipinski definition) is 3. The second kappa shape index (κ2) is 6.51. The number of nitrogens with zero attached hydrogens (tertiary/aromatic N) is 3. The maximum Gasteiger partial charge on any atom is 0.321 e. The van der Waals surface area contributed by atoms with E-state index in [-0.39, 0.29) is 11.9 Å². The highest BCUT2D eigenvalue weighted by Crippen LogP contribution is 2.21. The largest absolute Gasteiger partial charge is 0.338 e. The average Bonchev–Trinajstić information content (AvgIpc) is 3.05. The summed E-state index contributed by atoms with van der Waals surface area (Å²) < 4.78 is 1.70. The van der Waals surface area contributed by atoms with Crippen LogP contribution in [0.15, 0.2) is 36.7 Å². The molecule has 2 heterocycles. The van der Waals surface area contributed by atoms with E-state index in [1.165, 1.54) is 0 Å². The first-order valence-electron chi connectivity index (χ1n) is 7.66. The van der Waals surface area contributed by atoms with Crippen LogP contribution in [0.4, 0.5) is 16.2 Å². The van der Waals surface area contributed by atoms with Crippen molar-refractivity contribution in [3.63, 3.8) is 0 Å². The fourth-order valence-corrected chi connectivity index (χ4v) is 2.48. The highest BCUT2D eigenvalue weighted by atomic mass is 16.2. The van der Waals surface area contributed by atoms with E-state index in [0.717, 1.165) is 12.1 Å². The van der Waals surface area contributed by atoms with Crippen LogP contribution in [0.25, 0.3) is 0 Å². The van der Waals surface area contributed by atoms with Crippen molar-refractivity contribution in [3.05, 3.63) is 42.2 Å². The van der Waals surface area contributed by atoms with Gasteiger partial charge >= 0.3 is 6.03 Å². The molecule has 3 rings (SSSR count). The summed E-state index contributed by atoms with van der Waals surface area (Å²) in [5.74, 6) is -0.218. The van der Waals surface area contributed by atoms with E-state index in [4.69, 9.17) is 0 Å². The molecule has 7 nitrogen and oxygen atoms in total. The van der Waals surface area contributed by atoms with Gasteiger partial charge in [0.15, 0.2) is 0 Å². The maximum absolute atomic E-state index is 12.2. The van der Waals surface area contributed by atoms with Crippen molar-refractivity contribution < 1.29 is 9.59 Å². The summed E-state index contributed by atoms with van der Waals surface area (Å²) in [6, 6.07) is 7.17. The molecule has 1 fully saturated rings. The number of anilines is 2. The molecule has 23 heavy (non-hydrogen) atoms. The van der Waals surface area contributed by atoms with Crippen LogP contribution in [-0.4, -0.2) is 34.8 Å². The minimum atomic E-state index is -0.218. The normalized spacial score (nSPS) is 14.5. The van der Waals surface area contributed by atoms with Gasteiger partial charge in [-0.3, -0.25) is 14.4 Å². The van der Waals surface area contributed by atoms with Crippen molar-refractivity contribution in [2.24, 2.45) is 0 Å². The molecule has 1 aliphatic heterocycles. The highest BCUT2D eigenvalue weighted by molar-refractivity contribution is 6.04. The number of benzene rings is 1. The first-order valence-corrected chi connectivity index (χ1v) is 7.66. The average molecular weight is 313 g/mol. The van der Waals surface area contributed by atoms with Gasteiger partial charge in [0.2, 0.25) is 0 Å². The van der Waals surface area contributed by atoms with Gasteiger partial charge in [0.25, 0.3) is 5.91 Å². The number of nitrogens with one attached hydrogen (secondary N) is 2. The molecule has 0 spiro atoms. The molecule has 0 radical (unpaired) electrons. The molecule has 2 N–H and O–H groups in total. The topological polar surface area (TPSA) is 79.3 Å². The Hall–Kier alpha value is -2.83. The molecule has 3 amide bonds. The van der Waals surface area contributed by atoms with Gasteiger partial charge in [0, 0.05) is 37.2 Å². The Kier molecular flexibility index (Phi) is 4.27. The van der Waals surface area contributed by atoms with Crippen LogP contribution >= 0.6 is 0 Å². The third kappa shape index (κ3) is 3.33. The zero-order valence-corrected chi connectivity index (χ0v) is 13.0. The van der Waals surface area contributed by atoms with Gasteiger partial charge in [0.1, 0.15) is 0 Å². The van der Waals surface area contributed by atoms with E-state index in [2.05, 4.69) is 15.7 Å². The number of aryl methyl sites for hydroxylation is 1. The zero-order valence-electron chi connectivity index (χ0n) is 13.0. The van der Waals surface area contributed by atoms with Crippen LogP contribution in [0, 0.1) is 0 Å². The van der Waals surface area contributed by atoms with Crippen molar-refractivity contribution in [2.75, 3.05) is 23.3 Å². The number of amides is 3. The molecule has 0 atom stereocenters. The molecule has 0 aliphatic carbocycles. The first-order chi connectivity index (χ1) is 11.2. The predicted octanol–water partition coefficient (Wildman–Crippen LogP) is 2.07. The Bertz CT molecular complexity index is 725. The van der Waals surface area contributed by atoms with Crippen molar-refractivity contribution in [2.45, 2.75) is 19.9 Å². The molecule has 1 aromatic carbocycles. The van der Waals surface area contributed by atoms with Crippen LogP contribution in [0.2, 0.25) is 0 Å². The summed E-state index contributed by atoms with van der Waals surface area (Å²) in [4.78, 5) is 25.8. The fourth-order valence-electron chi connectivity index (χ4n) is 2.48. The van der Waals surface area contributed by atoms with Crippen LogP contribution < -0.4 is 15.5 Å². The van der Waals surface area contributed by atoms with Crippen LogP contribution in [-0.2, 0) is 6.54 Å². The lowest BCUT2D eigenvalue weighted by atomic mass is 10.2. The van der Waals surface area contributed by atoms with E-state index >= 15 is 0 Å². The van der Waals surface area contributed by atoms with Gasteiger partial charge in [-0.05, 0) is 31.5 Å². The SMILES string of the molecule is CCn1cc(C(=O)Nc2cccc(N3CCCNC3=O)c2)cn1. The summed E-state index contributed by atoms with van der Waals surface area (Å²) >= 11 is 0. The number of hydrogen-bond donors (Lipinski definition) is 2. The molecule has 1 aliphatic rings. The van der Waals surface area contributed by atoms with E-state index in [1.807, 2.05) is 19.1 Å². The second-order valence-electron chi connectivity index (χ2n) is 5.33. The van der Waals surface area contributed by atoms with Gasteiger partial charge in [-0.15, -0.1) is 0 Å². The van der Waals surface area contributed by atoms with Crippen molar-refractivity contribution in [1.82, 2.24) is 15.1 Å². The van der Waals surface area contributed by atoms with Gasteiger partial charge in [-0.25, -0.2) is 4.79 Å². The predicted molar refractivity (Wildman–Crippen MR) is 87.7 cm³/mol. The third-order valence-corrected chi connectivity index (χ3v) is 3.71. The lowest BCUT2D eigenvalue weighted by molar-refractivity contribution is 0.102. The maximum atomic E-state index is 12.2. The molecule has 0 unspecified atom stereocenters. The Labute approximate surface area is 134 Å². The Morgan fingerprint density at radius 3 is 3.04 bits per heavy atom. The van der Waals surface area contributed by atoms with Gasteiger partial charge in [0.05, 0.1) is 11.8 Å². The molecular weight excluding hydrogens is 294 g/mol. The van der Waals surface area contributed by atoms with Crippen molar-refractivity contribution in [1.29, 1.82) is 0 Å². The lowest BCUT2D eigenvalue weighted by Gasteiger charge is -2.27. The summed E-state index contributed by atoms with van der Waals surface area (Å²) in [6.45, 7) is 4.05. The number of aromatic nitrogens is 2. The van der Waals surface area contributed by atoms with Gasteiger partial charge in [-0.1, -0.05) is 6.07 Å². The molecule has 1 aromatic heterocycles. The smallest absolute Gasteiger partial charge is 0.321 e. The quantitative estimate of drug-likeness (QED) is 0.907. The van der Waals surface area contributed by atoms with Gasteiger partial charge < -0.3 is 10.6 Å². The highest BCUT2D eigenvalue weighted by Gasteiger charge is 2.19. The van der Waals surface area contributed by atoms with Crippen LogP contribution in [0.5, 0.6) is 0 Å². The Morgan fingerprint density at radius 1 is 1.43 bits per heavy atom. The zero-order chi connectivity index (χ0) is 16.2. The standard InChI is InChI=1S/C16H19N5O2/c1-2-20-11-12(10-18-20)15(22)19-13-5-3-6-14(9-13)21-8-4-7-17-16(21)23/h3,5-6,9-11H,2,4,7-8H2,1H3,(H,17,23)(H,19,22). The first kappa shape index (κ1) is 15.1. The molecular formula is C16H19N5O2. The third-order valence-electron chi connectivity index (χ3n) is 3.71. The summed E-state index contributed by atoms with van der Waals surface area (Å²) in [6.07, 6.45) is 4.15. The Morgan fingerprint density at radius 2 is 2.30 bits per heavy atom. The number of carbonyl (C=O) groups excluding carboxylic acids is 2. The van der Waals surface area contributed by atoms with Crippen molar-refractivity contribution >= 4 is 23.3 Å². The van der Waals surface area contributed by atoms with Gasteiger partial charge in [-0.2, -0.15) is 5.10 Å². The van der Waals surface area contributed by atoms with E-state index in [9.17, 15) is 9.59 Å². The molecule has 0 saturated carbocycles. The van der Waals surface area contributed by atoms with E-state index in [1.54, 1.807) is 34.1 Å².